The summed E-state index contributed by atoms with van der Waals surface area (Å²) in [6.45, 7) is 14.9. The van der Waals surface area contributed by atoms with Crippen molar-refractivity contribution in [2.75, 3.05) is 40.3 Å². The summed E-state index contributed by atoms with van der Waals surface area (Å²) in [6.07, 6.45) is 2.94. The number of rotatable bonds is 10. The second kappa shape index (κ2) is 12.9. The summed E-state index contributed by atoms with van der Waals surface area (Å²) in [7, 11) is 3.34. The van der Waals surface area contributed by atoms with Gasteiger partial charge in [-0.2, -0.15) is 0 Å². The smallest absolute Gasteiger partial charge is 0.414 e. The van der Waals surface area contributed by atoms with E-state index >= 15 is 0 Å². The van der Waals surface area contributed by atoms with Crippen molar-refractivity contribution in [3.63, 3.8) is 0 Å². The first-order chi connectivity index (χ1) is 12.7. The third-order valence-corrected chi connectivity index (χ3v) is 4.29. The van der Waals surface area contributed by atoms with E-state index in [1.165, 1.54) is 17.7 Å². The van der Waals surface area contributed by atoms with Crippen molar-refractivity contribution in [1.82, 2.24) is 9.80 Å². The van der Waals surface area contributed by atoms with Gasteiger partial charge >= 0.3 is 6.09 Å². The van der Waals surface area contributed by atoms with Gasteiger partial charge in [0.15, 0.2) is 0 Å². The number of ether oxygens (including phenoxy) is 2. The molecular weight excluding hydrogens is 376 g/mol. The van der Waals surface area contributed by atoms with Gasteiger partial charge in [-0.15, -0.1) is 12.4 Å². The van der Waals surface area contributed by atoms with Crippen molar-refractivity contribution in [3.8, 4) is 11.5 Å². The van der Waals surface area contributed by atoms with Gasteiger partial charge in [-0.1, -0.05) is 40.7 Å². The maximum atomic E-state index is 11.8. The monoisotopic (exact) mass is 414 g/mol. The lowest BCUT2D eigenvalue weighted by molar-refractivity contribution is 0.171. The number of nitrogens with zero attached hydrogens (tertiary/aromatic N) is 2. The fourth-order valence-electron chi connectivity index (χ4n) is 2.94. The van der Waals surface area contributed by atoms with Crippen LogP contribution in [0.2, 0.25) is 0 Å². The molecule has 1 aromatic carbocycles. The van der Waals surface area contributed by atoms with E-state index in [9.17, 15) is 4.79 Å². The van der Waals surface area contributed by atoms with E-state index in [-0.39, 0.29) is 23.9 Å². The molecule has 0 heterocycles. The van der Waals surface area contributed by atoms with Crippen LogP contribution in [-0.2, 0) is 5.41 Å². The van der Waals surface area contributed by atoms with Crippen LogP contribution in [0, 0.1) is 0 Å². The van der Waals surface area contributed by atoms with Crippen molar-refractivity contribution in [2.24, 2.45) is 0 Å². The van der Waals surface area contributed by atoms with Gasteiger partial charge in [0.25, 0.3) is 0 Å². The molecule has 0 atom stereocenters. The van der Waals surface area contributed by atoms with E-state index < -0.39 is 0 Å². The van der Waals surface area contributed by atoms with Crippen molar-refractivity contribution < 1.29 is 14.3 Å². The number of hydrogen-bond donors (Lipinski definition) is 0. The second-order valence-corrected chi connectivity index (χ2v) is 8.21. The minimum Gasteiger partial charge on any atom is -0.493 e. The van der Waals surface area contributed by atoms with Crippen molar-refractivity contribution >= 4 is 18.5 Å². The molecule has 0 fully saturated rings. The van der Waals surface area contributed by atoms with Gasteiger partial charge in [-0.25, -0.2) is 4.79 Å². The van der Waals surface area contributed by atoms with Gasteiger partial charge in [0.2, 0.25) is 0 Å². The van der Waals surface area contributed by atoms with Crippen LogP contribution in [-0.4, -0.2) is 56.2 Å². The molecule has 0 unspecified atom stereocenters. The highest BCUT2D eigenvalue weighted by atomic mass is 35.5. The molecule has 0 saturated carbocycles. The average molecular weight is 415 g/mol. The molecule has 0 saturated heterocycles. The van der Waals surface area contributed by atoms with Crippen LogP contribution in [0.3, 0.4) is 0 Å². The summed E-state index contributed by atoms with van der Waals surface area (Å²) in [6, 6.07) is 5.66. The number of hydrogen-bond acceptors (Lipinski definition) is 4. The van der Waals surface area contributed by atoms with Gasteiger partial charge in [0.1, 0.15) is 11.5 Å². The minimum atomic E-state index is -0.390. The van der Waals surface area contributed by atoms with Gasteiger partial charge in [-0.05, 0) is 49.4 Å². The summed E-state index contributed by atoms with van der Waals surface area (Å²) in [5.74, 6) is 1.30. The standard InChI is InChI=1S/C22H38N2O3.ClH/c1-8-13-24(14-9-2)15-10-16-26-20-17-18(27-21(25)23(6)7)11-12-19(20)22(3,4)5;/h11-12,17H,8-10,13-16H2,1-7H3;1H. The van der Waals surface area contributed by atoms with Crippen LogP contribution in [0.5, 0.6) is 11.5 Å². The molecule has 0 N–H and O–H groups in total. The summed E-state index contributed by atoms with van der Waals surface area (Å²) in [5.41, 5.74) is 1.07. The van der Waals surface area contributed by atoms with E-state index in [1.54, 1.807) is 14.1 Å². The Morgan fingerprint density at radius 3 is 2.14 bits per heavy atom. The second-order valence-electron chi connectivity index (χ2n) is 8.21. The first kappa shape index (κ1) is 26.5. The third kappa shape index (κ3) is 9.16. The molecule has 0 bridgehead atoms. The fraction of sp³-hybridized carbons (Fsp3) is 0.682. The molecule has 0 aliphatic rings. The lowest BCUT2D eigenvalue weighted by atomic mass is 9.86. The maximum Gasteiger partial charge on any atom is 0.414 e. The van der Waals surface area contributed by atoms with Gasteiger partial charge in [0.05, 0.1) is 6.61 Å². The van der Waals surface area contributed by atoms with Crippen LogP contribution < -0.4 is 9.47 Å². The van der Waals surface area contributed by atoms with Crippen molar-refractivity contribution in [2.45, 2.75) is 59.3 Å². The highest BCUT2D eigenvalue weighted by Gasteiger charge is 2.20. The topological polar surface area (TPSA) is 42.0 Å². The molecule has 6 heteroatoms. The Morgan fingerprint density at radius 1 is 1.04 bits per heavy atom. The molecule has 162 valence electrons. The Bertz CT molecular complexity index is 580. The van der Waals surface area contributed by atoms with E-state index in [0.717, 1.165) is 37.4 Å². The number of carbonyl (C=O) groups excluding carboxylic acids is 1. The average Bonchev–Trinajstić information content (AvgIpc) is 2.58. The summed E-state index contributed by atoms with van der Waals surface area (Å²) in [5, 5.41) is 0. The van der Waals surface area contributed by atoms with Crippen LogP contribution in [0.1, 0.15) is 59.4 Å². The van der Waals surface area contributed by atoms with E-state index in [1.807, 2.05) is 18.2 Å². The quantitative estimate of drug-likeness (QED) is 0.483. The maximum absolute atomic E-state index is 11.8. The highest BCUT2D eigenvalue weighted by Crippen LogP contribution is 2.34. The molecule has 0 spiro atoms. The van der Waals surface area contributed by atoms with Gasteiger partial charge in [0, 0.05) is 26.7 Å². The Kier molecular flexibility index (Phi) is 12.2. The van der Waals surface area contributed by atoms with Gasteiger partial charge in [-0.3, -0.25) is 0 Å². The molecule has 0 aliphatic carbocycles. The van der Waals surface area contributed by atoms with E-state index in [0.29, 0.717) is 12.4 Å². The number of amides is 1. The molecule has 0 aliphatic heterocycles. The van der Waals surface area contributed by atoms with Crippen molar-refractivity contribution in [1.29, 1.82) is 0 Å². The molecular formula is C22H39ClN2O3. The molecule has 1 aromatic rings. The number of benzene rings is 1. The molecule has 5 nitrogen and oxygen atoms in total. The third-order valence-electron chi connectivity index (χ3n) is 4.29. The number of carbonyl (C=O) groups is 1. The normalized spacial score (nSPS) is 11.1. The Balaban J connectivity index is 0.00000729. The minimum absolute atomic E-state index is 0. The predicted molar refractivity (Wildman–Crippen MR) is 119 cm³/mol. The van der Waals surface area contributed by atoms with Crippen LogP contribution in [0.4, 0.5) is 4.79 Å². The largest absolute Gasteiger partial charge is 0.493 e. The summed E-state index contributed by atoms with van der Waals surface area (Å²) >= 11 is 0. The van der Waals surface area contributed by atoms with Crippen molar-refractivity contribution in [3.05, 3.63) is 23.8 Å². The Morgan fingerprint density at radius 2 is 1.64 bits per heavy atom. The van der Waals surface area contributed by atoms with Gasteiger partial charge < -0.3 is 19.3 Å². The molecule has 1 rings (SSSR count). The molecule has 0 radical (unpaired) electrons. The van der Waals surface area contributed by atoms with E-state index in [2.05, 4.69) is 39.5 Å². The summed E-state index contributed by atoms with van der Waals surface area (Å²) < 4.78 is 11.5. The Hall–Kier alpha value is -1.46. The number of halogens is 1. The zero-order chi connectivity index (χ0) is 20.4. The molecule has 0 aromatic heterocycles. The first-order valence-corrected chi connectivity index (χ1v) is 10.1. The summed E-state index contributed by atoms with van der Waals surface area (Å²) in [4.78, 5) is 15.7. The molecule has 28 heavy (non-hydrogen) atoms. The van der Waals surface area contributed by atoms with Crippen LogP contribution >= 0.6 is 12.4 Å². The zero-order valence-corrected chi connectivity index (χ0v) is 19.5. The zero-order valence-electron chi connectivity index (χ0n) is 18.7. The van der Waals surface area contributed by atoms with E-state index in [4.69, 9.17) is 9.47 Å². The van der Waals surface area contributed by atoms with Crippen LogP contribution in [0.15, 0.2) is 18.2 Å². The fourth-order valence-corrected chi connectivity index (χ4v) is 2.94. The lowest BCUT2D eigenvalue weighted by Crippen LogP contribution is -2.27. The Labute approximate surface area is 177 Å². The first-order valence-electron chi connectivity index (χ1n) is 10.1. The predicted octanol–water partition coefficient (Wildman–Crippen LogP) is 5.36. The SMILES string of the molecule is CCCN(CCC)CCCOc1cc(OC(=O)N(C)C)ccc1C(C)(C)C.Cl. The molecule has 1 amide bonds. The highest BCUT2D eigenvalue weighted by molar-refractivity contribution is 5.85. The van der Waals surface area contributed by atoms with Crippen LogP contribution in [0.25, 0.3) is 0 Å². The lowest BCUT2D eigenvalue weighted by Gasteiger charge is -2.24.